The highest BCUT2D eigenvalue weighted by atomic mass is 19.1. The second kappa shape index (κ2) is 4.39. The first-order valence-corrected chi connectivity index (χ1v) is 6.06. The third-order valence-corrected chi connectivity index (χ3v) is 4.15. The van der Waals surface area contributed by atoms with Gasteiger partial charge < -0.3 is 10.5 Å². The molecule has 0 aromatic heterocycles. The molecule has 1 fully saturated rings. The molecule has 1 aliphatic rings. The predicted octanol–water partition coefficient (Wildman–Crippen LogP) is 2.47. The highest BCUT2D eigenvalue weighted by Crippen LogP contribution is 2.49. The van der Waals surface area contributed by atoms with E-state index in [0.717, 1.165) is 12.0 Å². The molecule has 0 amide bonds. The van der Waals surface area contributed by atoms with Crippen molar-refractivity contribution in [2.24, 2.45) is 11.1 Å². The molecule has 94 valence electrons. The van der Waals surface area contributed by atoms with Crippen molar-refractivity contribution in [3.8, 4) is 0 Å². The van der Waals surface area contributed by atoms with Crippen molar-refractivity contribution in [3.63, 3.8) is 0 Å². The van der Waals surface area contributed by atoms with Crippen molar-refractivity contribution in [2.45, 2.75) is 25.7 Å². The Hall–Kier alpha value is -0.930. The van der Waals surface area contributed by atoms with Gasteiger partial charge in [0, 0.05) is 0 Å². The summed E-state index contributed by atoms with van der Waals surface area (Å²) in [6.07, 6.45) is 0.866. The summed E-state index contributed by atoms with van der Waals surface area (Å²) in [5.41, 5.74) is 6.16. The van der Waals surface area contributed by atoms with Gasteiger partial charge in [-0.25, -0.2) is 4.39 Å². The van der Waals surface area contributed by atoms with Gasteiger partial charge in [-0.2, -0.15) is 0 Å². The van der Waals surface area contributed by atoms with E-state index in [-0.39, 0.29) is 16.6 Å². The SMILES string of the molecule is CC(C)(CCN)C1(c2ccccc2F)COC1. The summed E-state index contributed by atoms with van der Waals surface area (Å²) in [6.45, 7) is 6.08. The maximum absolute atomic E-state index is 14.0. The number of ether oxygens (including phenoxy) is 1. The van der Waals surface area contributed by atoms with Crippen LogP contribution in [0.1, 0.15) is 25.8 Å². The Kier molecular flexibility index (Phi) is 3.23. The van der Waals surface area contributed by atoms with E-state index < -0.39 is 0 Å². The number of benzene rings is 1. The Morgan fingerprint density at radius 3 is 2.47 bits per heavy atom. The van der Waals surface area contributed by atoms with Crippen molar-refractivity contribution in [3.05, 3.63) is 35.6 Å². The summed E-state index contributed by atoms with van der Waals surface area (Å²) in [6, 6.07) is 7.00. The molecule has 1 saturated heterocycles. The highest BCUT2D eigenvalue weighted by Gasteiger charge is 2.52. The Morgan fingerprint density at radius 1 is 1.35 bits per heavy atom. The van der Waals surface area contributed by atoms with Gasteiger partial charge in [-0.05, 0) is 30.0 Å². The van der Waals surface area contributed by atoms with E-state index in [0.29, 0.717) is 19.8 Å². The number of hydrogen-bond donors (Lipinski definition) is 1. The lowest BCUT2D eigenvalue weighted by molar-refractivity contribution is -0.122. The molecule has 0 saturated carbocycles. The Balaban J connectivity index is 2.42. The van der Waals surface area contributed by atoms with E-state index in [9.17, 15) is 4.39 Å². The zero-order chi connectivity index (χ0) is 12.5. The van der Waals surface area contributed by atoms with E-state index in [2.05, 4.69) is 13.8 Å². The molecule has 0 atom stereocenters. The Bertz CT molecular complexity index is 399. The van der Waals surface area contributed by atoms with E-state index in [1.807, 2.05) is 12.1 Å². The van der Waals surface area contributed by atoms with Crippen LogP contribution in [0, 0.1) is 11.2 Å². The first-order valence-electron chi connectivity index (χ1n) is 6.06. The maximum atomic E-state index is 14.0. The molecule has 0 radical (unpaired) electrons. The normalized spacial score (nSPS) is 18.8. The van der Waals surface area contributed by atoms with Gasteiger partial charge >= 0.3 is 0 Å². The number of nitrogens with two attached hydrogens (primary N) is 1. The van der Waals surface area contributed by atoms with Crippen LogP contribution in [0.15, 0.2) is 24.3 Å². The van der Waals surface area contributed by atoms with E-state index in [1.165, 1.54) is 6.07 Å². The second-order valence-electron chi connectivity index (χ2n) is 5.48. The van der Waals surface area contributed by atoms with Gasteiger partial charge in [0.1, 0.15) is 5.82 Å². The minimum absolute atomic E-state index is 0.0534. The van der Waals surface area contributed by atoms with Gasteiger partial charge in [-0.1, -0.05) is 32.0 Å². The van der Waals surface area contributed by atoms with Crippen LogP contribution in [-0.4, -0.2) is 19.8 Å². The topological polar surface area (TPSA) is 35.2 Å². The van der Waals surface area contributed by atoms with Gasteiger partial charge in [0.15, 0.2) is 0 Å². The molecule has 0 unspecified atom stereocenters. The molecule has 2 N–H and O–H groups in total. The molecule has 2 rings (SSSR count). The van der Waals surface area contributed by atoms with Crippen LogP contribution in [0.4, 0.5) is 4.39 Å². The summed E-state index contributed by atoms with van der Waals surface area (Å²) in [5.74, 6) is -0.138. The van der Waals surface area contributed by atoms with Crippen LogP contribution < -0.4 is 5.73 Å². The molecule has 1 heterocycles. The van der Waals surface area contributed by atoms with Crippen LogP contribution in [-0.2, 0) is 10.2 Å². The number of halogens is 1. The molecule has 1 aliphatic heterocycles. The summed E-state index contributed by atoms with van der Waals surface area (Å²) >= 11 is 0. The predicted molar refractivity (Wildman–Crippen MR) is 66.3 cm³/mol. The van der Waals surface area contributed by atoms with Crippen LogP contribution in [0.3, 0.4) is 0 Å². The first-order chi connectivity index (χ1) is 8.03. The van der Waals surface area contributed by atoms with E-state index >= 15 is 0 Å². The van der Waals surface area contributed by atoms with Crippen molar-refractivity contribution in [1.29, 1.82) is 0 Å². The number of hydrogen-bond acceptors (Lipinski definition) is 2. The van der Waals surface area contributed by atoms with Crippen LogP contribution >= 0.6 is 0 Å². The third kappa shape index (κ3) is 1.87. The van der Waals surface area contributed by atoms with Gasteiger partial charge in [0.2, 0.25) is 0 Å². The average Bonchev–Trinajstić information content (AvgIpc) is 2.18. The third-order valence-electron chi connectivity index (χ3n) is 4.15. The minimum Gasteiger partial charge on any atom is -0.379 e. The lowest BCUT2D eigenvalue weighted by Gasteiger charge is -2.53. The monoisotopic (exact) mass is 237 g/mol. The summed E-state index contributed by atoms with van der Waals surface area (Å²) in [7, 11) is 0. The summed E-state index contributed by atoms with van der Waals surface area (Å²) in [4.78, 5) is 0. The fourth-order valence-electron chi connectivity index (χ4n) is 2.67. The average molecular weight is 237 g/mol. The molecule has 3 heteroatoms. The molecule has 1 aromatic rings. The van der Waals surface area contributed by atoms with Gasteiger partial charge in [-0.15, -0.1) is 0 Å². The Labute approximate surface area is 102 Å². The lowest BCUT2D eigenvalue weighted by Crippen LogP contribution is -2.57. The van der Waals surface area contributed by atoms with Crippen LogP contribution in [0.5, 0.6) is 0 Å². The number of rotatable bonds is 4. The fraction of sp³-hybridized carbons (Fsp3) is 0.571. The van der Waals surface area contributed by atoms with Gasteiger partial charge in [0.05, 0.1) is 18.6 Å². The molecule has 1 aromatic carbocycles. The zero-order valence-corrected chi connectivity index (χ0v) is 10.5. The molecular weight excluding hydrogens is 217 g/mol. The van der Waals surface area contributed by atoms with E-state index in [4.69, 9.17) is 10.5 Å². The first kappa shape index (κ1) is 12.5. The van der Waals surface area contributed by atoms with Crippen molar-refractivity contribution in [2.75, 3.05) is 19.8 Å². The molecule has 2 nitrogen and oxygen atoms in total. The van der Waals surface area contributed by atoms with Crippen LogP contribution in [0.25, 0.3) is 0 Å². The van der Waals surface area contributed by atoms with Crippen molar-refractivity contribution in [1.82, 2.24) is 0 Å². The van der Waals surface area contributed by atoms with Crippen LogP contribution in [0.2, 0.25) is 0 Å². The zero-order valence-electron chi connectivity index (χ0n) is 10.5. The summed E-state index contributed by atoms with van der Waals surface area (Å²) in [5, 5.41) is 0. The maximum Gasteiger partial charge on any atom is 0.127 e. The Morgan fingerprint density at radius 2 is 2.00 bits per heavy atom. The molecular formula is C14H20FNO. The molecule has 17 heavy (non-hydrogen) atoms. The largest absolute Gasteiger partial charge is 0.379 e. The second-order valence-corrected chi connectivity index (χ2v) is 5.48. The molecule has 0 bridgehead atoms. The molecule has 0 spiro atoms. The van der Waals surface area contributed by atoms with Crippen molar-refractivity contribution >= 4 is 0 Å². The fourth-order valence-corrected chi connectivity index (χ4v) is 2.67. The van der Waals surface area contributed by atoms with E-state index in [1.54, 1.807) is 6.07 Å². The van der Waals surface area contributed by atoms with Crippen molar-refractivity contribution < 1.29 is 9.13 Å². The van der Waals surface area contributed by atoms with Gasteiger partial charge in [-0.3, -0.25) is 0 Å². The van der Waals surface area contributed by atoms with Gasteiger partial charge in [0.25, 0.3) is 0 Å². The molecule has 0 aliphatic carbocycles. The minimum atomic E-state index is -0.224. The lowest BCUT2D eigenvalue weighted by atomic mass is 9.59. The highest BCUT2D eigenvalue weighted by molar-refractivity contribution is 5.32. The standard InChI is InChI=1S/C14H20FNO/c1-13(2,7-8-16)14(9-17-10-14)11-5-3-4-6-12(11)15/h3-6H,7-10,16H2,1-2H3. The smallest absolute Gasteiger partial charge is 0.127 e. The quantitative estimate of drug-likeness (QED) is 0.873. The summed E-state index contributed by atoms with van der Waals surface area (Å²) < 4.78 is 19.4.